The highest BCUT2D eigenvalue weighted by molar-refractivity contribution is 6.20. The molecular weight excluding hydrogens is 182 g/mol. The van der Waals surface area contributed by atoms with E-state index in [9.17, 15) is 9.90 Å². The average molecular weight is 197 g/mol. The number of esters is 1. The van der Waals surface area contributed by atoms with Gasteiger partial charge in [0.05, 0.1) is 5.71 Å². The molecule has 0 amide bonds. The summed E-state index contributed by atoms with van der Waals surface area (Å²) in [5, 5.41) is 9.56. The first-order valence-corrected chi connectivity index (χ1v) is 4.62. The molecule has 1 heterocycles. The summed E-state index contributed by atoms with van der Waals surface area (Å²) in [6.45, 7) is 7.14. The lowest BCUT2D eigenvalue weighted by molar-refractivity contribution is -0.139. The molecule has 1 atom stereocenters. The average Bonchev–Trinajstić information content (AvgIpc) is 2.25. The van der Waals surface area contributed by atoms with Crippen LogP contribution in [0.3, 0.4) is 0 Å². The predicted molar refractivity (Wildman–Crippen MR) is 53.5 cm³/mol. The van der Waals surface area contributed by atoms with Gasteiger partial charge in [0.25, 0.3) is 0 Å². The minimum absolute atomic E-state index is 0.0168. The summed E-state index contributed by atoms with van der Waals surface area (Å²) in [6.07, 6.45) is -0.546. The number of aliphatic imine (C=N–C) groups is 1. The molecule has 0 unspecified atom stereocenters. The zero-order valence-electron chi connectivity index (χ0n) is 8.87. The molecule has 1 aliphatic heterocycles. The van der Waals surface area contributed by atoms with E-state index in [2.05, 4.69) is 4.99 Å². The van der Waals surface area contributed by atoms with E-state index >= 15 is 0 Å². The third-order valence-corrected chi connectivity index (χ3v) is 1.94. The van der Waals surface area contributed by atoms with Crippen molar-refractivity contribution in [3.8, 4) is 0 Å². The third-order valence-electron chi connectivity index (χ3n) is 1.94. The summed E-state index contributed by atoms with van der Waals surface area (Å²) in [5.41, 5.74) is 0.748. The monoisotopic (exact) mass is 197 g/mol. The van der Waals surface area contributed by atoms with Crippen molar-refractivity contribution in [1.29, 1.82) is 0 Å². The van der Waals surface area contributed by atoms with E-state index in [1.807, 2.05) is 13.8 Å². The highest BCUT2D eigenvalue weighted by Crippen LogP contribution is 2.21. The van der Waals surface area contributed by atoms with Crippen molar-refractivity contribution < 1.29 is 14.6 Å². The van der Waals surface area contributed by atoms with Crippen LogP contribution in [-0.4, -0.2) is 28.9 Å². The van der Waals surface area contributed by atoms with Crippen molar-refractivity contribution in [3.63, 3.8) is 0 Å². The van der Waals surface area contributed by atoms with Gasteiger partial charge in [-0.15, -0.1) is 0 Å². The molecule has 1 aliphatic rings. The molecule has 0 radical (unpaired) electrons. The van der Waals surface area contributed by atoms with Gasteiger partial charge in [-0.25, -0.2) is 4.79 Å². The van der Waals surface area contributed by atoms with Crippen molar-refractivity contribution in [1.82, 2.24) is 0 Å². The van der Waals surface area contributed by atoms with Crippen LogP contribution in [0.5, 0.6) is 0 Å². The number of aliphatic hydroxyl groups excluding tert-OH is 1. The fourth-order valence-corrected chi connectivity index (χ4v) is 1.37. The molecule has 0 saturated heterocycles. The number of carbonyl (C=O) groups excluding carboxylic acids is 1. The van der Waals surface area contributed by atoms with Gasteiger partial charge >= 0.3 is 5.97 Å². The first-order chi connectivity index (χ1) is 6.43. The Kier molecular flexibility index (Phi) is 2.93. The molecular formula is C10H15NO3. The Morgan fingerprint density at radius 3 is 2.50 bits per heavy atom. The van der Waals surface area contributed by atoms with Gasteiger partial charge in [0.2, 0.25) is 0 Å². The van der Waals surface area contributed by atoms with Crippen molar-refractivity contribution in [2.75, 3.05) is 0 Å². The van der Waals surface area contributed by atoms with E-state index in [0.717, 1.165) is 0 Å². The summed E-state index contributed by atoms with van der Waals surface area (Å²) >= 11 is 0. The van der Waals surface area contributed by atoms with Gasteiger partial charge in [0.15, 0.2) is 6.10 Å². The lowest BCUT2D eigenvalue weighted by Crippen LogP contribution is -2.10. The molecule has 0 aromatic heterocycles. The molecule has 4 heteroatoms. The molecule has 14 heavy (non-hydrogen) atoms. The quantitative estimate of drug-likeness (QED) is 0.540. The molecule has 0 bridgehead atoms. The Morgan fingerprint density at radius 1 is 1.57 bits per heavy atom. The van der Waals surface area contributed by atoms with E-state index < -0.39 is 12.1 Å². The summed E-state index contributed by atoms with van der Waals surface area (Å²) in [6, 6.07) is 0.0963. The maximum Gasteiger partial charge on any atom is 0.344 e. The SMILES string of the molecule is CC(=NC(C)C)C1=C(O)[C@H](C)OC1=O. The maximum absolute atomic E-state index is 11.3. The van der Waals surface area contributed by atoms with Gasteiger partial charge in [-0.1, -0.05) is 0 Å². The Balaban J connectivity index is 3.03. The largest absolute Gasteiger partial charge is 0.507 e. The number of rotatable bonds is 2. The molecule has 0 aliphatic carbocycles. The normalized spacial score (nSPS) is 23.4. The van der Waals surface area contributed by atoms with Crippen LogP contribution in [0.4, 0.5) is 0 Å². The van der Waals surface area contributed by atoms with Crippen LogP contribution < -0.4 is 0 Å². The number of nitrogens with zero attached hydrogens (tertiary/aromatic N) is 1. The van der Waals surface area contributed by atoms with Crippen LogP contribution in [0, 0.1) is 0 Å². The van der Waals surface area contributed by atoms with Crippen LogP contribution in [0.2, 0.25) is 0 Å². The molecule has 4 nitrogen and oxygen atoms in total. The standard InChI is InChI=1S/C10H15NO3/c1-5(2)11-6(3)8-9(12)7(4)14-10(8)13/h5,7,12H,1-4H3/t7-/m0/s1. The van der Waals surface area contributed by atoms with E-state index in [1.165, 1.54) is 0 Å². The Labute approximate surface area is 83.3 Å². The molecule has 0 fully saturated rings. The van der Waals surface area contributed by atoms with Crippen LogP contribution in [0.15, 0.2) is 16.3 Å². The number of cyclic esters (lactones) is 1. The molecule has 0 saturated carbocycles. The molecule has 78 valence electrons. The molecule has 0 aromatic rings. The number of ether oxygens (including phenoxy) is 1. The van der Waals surface area contributed by atoms with Crippen molar-refractivity contribution in [2.24, 2.45) is 4.99 Å². The lowest BCUT2D eigenvalue weighted by Gasteiger charge is -2.01. The summed E-state index contributed by atoms with van der Waals surface area (Å²) in [7, 11) is 0. The van der Waals surface area contributed by atoms with E-state index in [1.54, 1.807) is 13.8 Å². The van der Waals surface area contributed by atoms with Gasteiger partial charge in [0.1, 0.15) is 11.3 Å². The minimum Gasteiger partial charge on any atom is -0.507 e. The second-order valence-electron chi connectivity index (χ2n) is 3.62. The summed E-state index contributed by atoms with van der Waals surface area (Å²) in [4.78, 5) is 15.5. The van der Waals surface area contributed by atoms with Crippen molar-refractivity contribution in [2.45, 2.75) is 39.8 Å². The topological polar surface area (TPSA) is 58.9 Å². The van der Waals surface area contributed by atoms with Gasteiger partial charge in [-0.3, -0.25) is 4.99 Å². The second kappa shape index (κ2) is 3.82. The lowest BCUT2D eigenvalue weighted by atomic mass is 10.1. The first kappa shape index (κ1) is 10.8. The Morgan fingerprint density at radius 2 is 2.14 bits per heavy atom. The van der Waals surface area contributed by atoms with Crippen molar-refractivity contribution in [3.05, 3.63) is 11.3 Å². The van der Waals surface area contributed by atoms with Gasteiger partial charge in [-0.2, -0.15) is 0 Å². The van der Waals surface area contributed by atoms with Gasteiger partial charge < -0.3 is 9.84 Å². The first-order valence-electron chi connectivity index (χ1n) is 4.62. The van der Waals surface area contributed by atoms with Crippen LogP contribution in [0.25, 0.3) is 0 Å². The predicted octanol–water partition coefficient (Wildman–Crippen LogP) is 1.61. The molecule has 0 aromatic carbocycles. The number of hydrogen-bond acceptors (Lipinski definition) is 4. The summed E-state index contributed by atoms with van der Waals surface area (Å²) in [5.74, 6) is -0.506. The zero-order chi connectivity index (χ0) is 10.9. The Hall–Kier alpha value is -1.32. The molecule has 1 rings (SSSR count). The van der Waals surface area contributed by atoms with E-state index in [-0.39, 0.29) is 17.4 Å². The Bertz CT molecular complexity index is 315. The van der Waals surface area contributed by atoms with Crippen LogP contribution >= 0.6 is 0 Å². The summed E-state index contributed by atoms with van der Waals surface area (Å²) < 4.78 is 4.84. The highest BCUT2D eigenvalue weighted by atomic mass is 16.6. The molecule has 1 N–H and O–H groups in total. The fourth-order valence-electron chi connectivity index (χ4n) is 1.37. The van der Waals surface area contributed by atoms with Gasteiger partial charge in [-0.05, 0) is 27.7 Å². The van der Waals surface area contributed by atoms with E-state index in [0.29, 0.717) is 5.71 Å². The number of hydrogen-bond donors (Lipinski definition) is 1. The van der Waals surface area contributed by atoms with E-state index in [4.69, 9.17) is 4.74 Å². The highest BCUT2D eigenvalue weighted by Gasteiger charge is 2.32. The van der Waals surface area contributed by atoms with Crippen LogP contribution in [0.1, 0.15) is 27.7 Å². The van der Waals surface area contributed by atoms with Crippen LogP contribution in [-0.2, 0) is 9.53 Å². The smallest absolute Gasteiger partial charge is 0.344 e. The van der Waals surface area contributed by atoms with Gasteiger partial charge in [0, 0.05) is 6.04 Å². The zero-order valence-corrected chi connectivity index (χ0v) is 8.87. The number of aliphatic hydroxyl groups is 1. The molecule has 0 spiro atoms. The number of carbonyl (C=O) groups is 1. The van der Waals surface area contributed by atoms with Crippen molar-refractivity contribution >= 4 is 11.7 Å². The maximum atomic E-state index is 11.3. The second-order valence-corrected chi connectivity index (χ2v) is 3.62. The third kappa shape index (κ3) is 1.95. The fraction of sp³-hybridized carbons (Fsp3) is 0.600. The minimum atomic E-state index is -0.546.